The molecule has 1 aliphatic rings. The summed E-state index contributed by atoms with van der Waals surface area (Å²) in [5.41, 5.74) is 9.07. The number of methoxy groups -OCH3 is 1. The Balaban J connectivity index is 1.26. The Hall–Kier alpha value is -4.63. The number of nitrogens with two attached hydrogens (primary N) is 1. The first-order valence-corrected chi connectivity index (χ1v) is 12.3. The summed E-state index contributed by atoms with van der Waals surface area (Å²) in [7, 11) is 1.49. The van der Waals surface area contributed by atoms with Crippen LogP contribution in [-0.2, 0) is 5.54 Å². The second-order valence-corrected chi connectivity index (χ2v) is 9.30. The fourth-order valence-corrected chi connectivity index (χ4v) is 4.86. The van der Waals surface area contributed by atoms with Crippen molar-refractivity contribution in [2.75, 3.05) is 25.1 Å². The summed E-state index contributed by atoms with van der Waals surface area (Å²) in [5.74, 6) is 1.68. The molecule has 0 spiro atoms. The van der Waals surface area contributed by atoms with Gasteiger partial charge in [-0.25, -0.2) is 24.0 Å². The van der Waals surface area contributed by atoms with Crippen LogP contribution in [0.3, 0.4) is 0 Å². The number of ether oxygens (including phenoxy) is 1. The maximum absolute atomic E-state index is 14.6. The highest BCUT2D eigenvalue weighted by Gasteiger charge is 2.36. The summed E-state index contributed by atoms with van der Waals surface area (Å²) in [4.78, 5) is 15.9. The zero-order valence-electron chi connectivity index (χ0n) is 20.8. The zero-order valence-corrected chi connectivity index (χ0v) is 20.8. The molecule has 0 bridgehead atoms. The van der Waals surface area contributed by atoms with E-state index < -0.39 is 11.4 Å². The van der Waals surface area contributed by atoms with Crippen LogP contribution < -0.4 is 15.4 Å². The van der Waals surface area contributed by atoms with Crippen molar-refractivity contribution in [1.29, 1.82) is 0 Å². The average molecular weight is 508 g/mol. The van der Waals surface area contributed by atoms with Gasteiger partial charge in [-0.2, -0.15) is 5.10 Å². The van der Waals surface area contributed by atoms with E-state index in [1.54, 1.807) is 35.3 Å². The van der Waals surface area contributed by atoms with Crippen molar-refractivity contribution in [2.24, 2.45) is 5.73 Å². The molecule has 1 atom stereocenters. The molecule has 190 valence electrons. The molecule has 0 radical (unpaired) electrons. The molecule has 5 aromatic rings. The summed E-state index contributed by atoms with van der Waals surface area (Å²) in [5, 5.41) is 4.51. The Morgan fingerprint density at radius 2 is 1.76 bits per heavy atom. The number of benzene rings is 2. The Kier molecular flexibility index (Phi) is 6.05. The lowest BCUT2D eigenvalue weighted by Crippen LogP contribution is -2.39. The van der Waals surface area contributed by atoms with Crippen LogP contribution in [0.1, 0.15) is 12.0 Å². The van der Waals surface area contributed by atoms with E-state index >= 15 is 0 Å². The van der Waals surface area contributed by atoms with Gasteiger partial charge in [-0.3, -0.25) is 0 Å². The summed E-state index contributed by atoms with van der Waals surface area (Å²) < 4.78 is 21.6. The van der Waals surface area contributed by atoms with E-state index in [1.165, 1.54) is 13.2 Å². The largest absolute Gasteiger partial charge is 0.496 e. The van der Waals surface area contributed by atoms with Gasteiger partial charge in [0.15, 0.2) is 11.6 Å². The highest BCUT2D eigenvalue weighted by Crippen LogP contribution is 2.33. The lowest BCUT2D eigenvalue weighted by molar-refractivity contribution is 0.413. The summed E-state index contributed by atoms with van der Waals surface area (Å²) in [6.45, 7) is 1.50. The minimum Gasteiger partial charge on any atom is -0.496 e. The lowest BCUT2D eigenvalue weighted by Gasteiger charge is -2.25. The van der Waals surface area contributed by atoms with Gasteiger partial charge in [0.1, 0.15) is 17.4 Å². The van der Waals surface area contributed by atoms with E-state index in [-0.39, 0.29) is 11.4 Å². The molecule has 9 heteroatoms. The van der Waals surface area contributed by atoms with E-state index in [9.17, 15) is 4.39 Å². The molecule has 4 heterocycles. The molecule has 6 rings (SSSR count). The van der Waals surface area contributed by atoms with Gasteiger partial charge < -0.3 is 15.4 Å². The Morgan fingerprint density at radius 3 is 2.61 bits per heavy atom. The summed E-state index contributed by atoms with van der Waals surface area (Å²) in [6, 6.07) is 22.5. The van der Waals surface area contributed by atoms with Gasteiger partial charge in [-0.1, -0.05) is 42.5 Å². The number of anilines is 1. The molecule has 1 saturated heterocycles. The van der Waals surface area contributed by atoms with Crippen LogP contribution in [-0.4, -0.2) is 44.9 Å². The third-order valence-electron chi connectivity index (χ3n) is 6.88. The number of rotatable bonds is 6. The maximum atomic E-state index is 14.6. The van der Waals surface area contributed by atoms with Crippen molar-refractivity contribution in [3.63, 3.8) is 0 Å². The van der Waals surface area contributed by atoms with Crippen molar-refractivity contribution in [3.05, 3.63) is 103 Å². The van der Waals surface area contributed by atoms with Gasteiger partial charge >= 0.3 is 0 Å². The van der Waals surface area contributed by atoms with E-state index in [4.69, 9.17) is 15.5 Å². The van der Waals surface area contributed by atoms with Gasteiger partial charge in [-0.15, -0.1) is 0 Å². The lowest BCUT2D eigenvalue weighted by atomic mass is 9.90. The summed E-state index contributed by atoms with van der Waals surface area (Å²) in [6.07, 6.45) is 5.99. The molecule has 0 aliphatic carbocycles. The van der Waals surface area contributed by atoms with E-state index in [0.717, 1.165) is 29.9 Å². The van der Waals surface area contributed by atoms with E-state index in [0.29, 0.717) is 23.8 Å². The van der Waals surface area contributed by atoms with Crippen LogP contribution in [0.5, 0.6) is 5.75 Å². The van der Waals surface area contributed by atoms with Crippen molar-refractivity contribution in [1.82, 2.24) is 24.7 Å². The molecule has 2 N–H and O–H groups in total. The normalized spacial score (nSPS) is 17.1. The minimum atomic E-state index is -0.450. The number of hydrogen-bond donors (Lipinski definition) is 1. The second-order valence-electron chi connectivity index (χ2n) is 9.30. The fraction of sp³-hybridized carbons (Fsp3) is 0.172. The van der Waals surface area contributed by atoms with Crippen LogP contribution in [0.4, 0.5) is 10.2 Å². The monoisotopic (exact) mass is 507 g/mol. The molecule has 0 amide bonds. The molecular weight excluding hydrogens is 481 g/mol. The first-order chi connectivity index (χ1) is 18.5. The number of nitrogens with zero attached hydrogens (tertiary/aromatic N) is 6. The highest BCUT2D eigenvalue weighted by atomic mass is 19.1. The smallest absolute Gasteiger partial charge is 0.166 e. The van der Waals surface area contributed by atoms with Crippen LogP contribution in [0.15, 0.2) is 91.4 Å². The SMILES string of the molecule is COc1cccc(F)c1-c1nccc(-c2cnn(-c3cccc(N4CCC(N)(c5ccccc5)C4)n3)c2)n1. The molecule has 1 aliphatic heterocycles. The molecule has 1 unspecified atom stereocenters. The van der Waals surface area contributed by atoms with Gasteiger partial charge in [0.05, 0.1) is 30.1 Å². The number of hydrogen-bond acceptors (Lipinski definition) is 7. The third-order valence-corrected chi connectivity index (χ3v) is 6.88. The Bertz CT molecular complexity index is 1590. The predicted molar refractivity (Wildman–Crippen MR) is 143 cm³/mol. The summed E-state index contributed by atoms with van der Waals surface area (Å²) >= 11 is 0. The van der Waals surface area contributed by atoms with Gasteiger partial charge in [0.2, 0.25) is 0 Å². The Morgan fingerprint density at radius 1 is 0.947 bits per heavy atom. The molecule has 3 aromatic heterocycles. The minimum absolute atomic E-state index is 0.218. The third kappa shape index (κ3) is 4.37. The van der Waals surface area contributed by atoms with E-state index in [2.05, 4.69) is 32.1 Å². The van der Waals surface area contributed by atoms with Crippen molar-refractivity contribution >= 4 is 5.82 Å². The molecular formula is C29H26FN7O. The second kappa shape index (κ2) is 9.68. The van der Waals surface area contributed by atoms with Crippen LogP contribution in [0.25, 0.3) is 28.5 Å². The van der Waals surface area contributed by atoms with Crippen molar-refractivity contribution in [2.45, 2.75) is 12.0 Å². The van der Waals surface area contributed by atoms with E-state index in [1.807, 2.05) is 42.6 Å². The molecule has 8 nitrogen and oxygen atoms in total. The van der Waals surface area contributed by atoms with Crippen molar-refractivity contribution < 1.29 is 9.13 Å². The first kappa shape index (κ1) is 23.7. The molecule has 38 heavy (non-hydrogen) atoms. The van der Waals surface area contributed by atoms with Gasteiger partial charge in [0, 0.05) is 31.0 Å². The average Bonchev–Trinajstić information content (AvgIpc) is 3.62. The molecule has 1 fully saturated rings. The molecule has 2 aromatic carbocycles. The predicted octanol–water partition coefficient (Wildman–Crippen LogP) is 4.60. The Labute approximate surface area is 219 Å². The standard InChI is InChI=1S/C29H26FN7O/c1-38-24-10-5-9-22(30)27(24)28-32-15-13-23(34-28)20-17-33-37(18-20)26-12-6-11-25(35-26)36-16-14-29(31,19-36)21-7-3-2-4-8-21/h2-13,15,17-18H,14,16,19,31H2,1H3. The molecule has 0 saturated carbocycles. The van der Waals surface area contributed by atoms with Crippen LogP contribution >= 0.6 is 0 Å². The fourth-order valence-electron chi connectivity index (χ4n) is 4.86. The zero-order chi connectivity index (χ0) is 26.1. The number of halogens is 1. The maximum Gasteiger partial charge on any atom is 0.166 e. The van der Waals surface area contributed by atoms with Crippen molar-refractivity contribution in [3.8, 4) is 34.2 Å². The van der Waals surface area contributed by atoms with Gasteiger partial charge in [-0.05, 0) is 42.3 Å². The quantitative estimate of drug-likeness (QED) is 0.359. The first-order valence-electron chi connectivity index (χ1n) is 12.3. The topological polar surface area (TPSA) is 95.0 Å². The number of pyridine rings is 1. The number of aromatic nitrogens is 5. The van der Waals surface area contributed by atoms with Crippen LogP contribution in [0.2, 0.25) is 0 Å². The highest BCUT2D eigenvalue weighted by molar-refractivity contribution is 5.68. The van der Waals surface area contributed by atoms with Crippen LogP contribution in [0, 0.1) is 5.82 Å². The van der Waals surface area contributed by atoms with Gasteiger partial charge in [0.25, 0.3) is 0 Å².